The predicted molar refractivity (Wildman–Crippen MR) is 57.5 cm³/mol. The Kier molecular flexibility index (Phi) is 3.79. The van der Waals surface area contributed by atoms with Crippen molar-refractivity contribution in [3.63, 3.8) is 0 Å². The minimum atomic E-state index is 0.706. The fourth-order valence-corrected chi connectivity index (χ4v) is 2.34. The number of hydrogen-bond donors (Lipinski definition) is 1. The fourth-order valence-electron chi connectivity index (χ4n) is 2.34. The highest BCUT2D eigenvalue weighted by molar-refractivity contribution is 4.83. The third-order valence-electron chi connectivity index (χ3n) is 3.26. The van der Waals surface area contributed by atoms with E-state index in [0.29, 0.717) is 6.04 Å². The molecule has 0 aromatic heterocycles. The Morgan fingerprint density at radius 1 is 1.43 bits per heavy atom. The lowest BCUT2D eigenvalue weighted by atomic mass is 10.1. The molecular weight excluding hydrogens is 176 g/mol. The highest BCUT2D eigenvalue weighted by Crippen LogP contribution is 2.14. The minimum absolute atomic E-state index is 0.706. The van der Waals surface area contributed by atoms with Crippen LogP contribution in [0.2, 0.25) is 0 Å². The van der Waals surface area contributed by atoms with Gasteiger partial charge < -0.3 is 10.1 Å². The van der Waals surface area contributed by atoms with Gasteiger partial charge in [0.25, 0.3) is 0 Å². The lowest BCUT2D eigenvalue weighted by Crippen LogP contribution is -2.52. The summed E-state index contributed by atoms with van der Waals surface area (Å²) in [6.07, 6.45) is 3.96. The highest BCUT2D eigenvalue weighted by Gasteiger charge is 2.27. The van der Waals surface area contributed by atoms with Crippen LogP contribution in [-0.2, 0) is 4.74 Å². The number of ether oxygens (including phenoxy) is 1. The second kappa shape index (κ2) is 5.10. The molecule has 0 aromatic carbocycles. The first kappa shape index (κ1) is 10.4. The highest BCUT2D eigenvalue weighted by atomic mass is 16.5. The summed E-state index contributed by atoms with van der Waals surface area (Å²) in [7, 11) is 0. The molecule has 1 N–H and O–H groups in total. The summed E-state index contributed by atoms with van der Waals surface area (Å²) in [5.41, 5.74) is 0. The van der Waals surface area contributed by atoms with Gasteiger partial charge in [0.05, 0.1) is 19.3 Å². The summed E-state index contributed by atoms with van der Waals surface area (Å²) >= 11 is 0. The standard InChI is InChI=1S/C11H22N2O/c1-2-6-13(11-8-14-9-11)7-10-4-3-5-12-10/h10-12H,2-9H2,1H3. The molecule has 0 saturated carbocycles. The van der Waals surface area contributed by atoms with Gasteiger partial charge in [0.15, 0.2) is 0 Å². The van der Waals surface area contributed by atoms with Gasteiger partial charge in [0.1, 0.15) is 0 Å². The molecule has 0 spiro atoms. The van der Waals surface area contributed by atoms with Crippen molar-refractivity contribution in [1.82, 2.24) is 10.2 Å². The monoisotopic (exact) mass is 198 g/mol. The van der Waals surface area contributed by atoms with Crippen molar-refractivity contribution in [3.8, 4) is 0 Å². The van der Waals surface area contributed by atoms with Crippen LogP contribution in [0.4, 0.5) is 0 Å². The van der Waals surface area contributed by atoms with Crippen LogP contribution >= 0.6 is 0 Å². The van der Waals surface area contributed by atoms with E-state index in [0.717, 1.165) is 19.3 Å². The van der Waals surface area contributed by atoms with Gasteiger partial charge in [-0.2, -0.15) is 0 Å². The first-order chi connectivity index (χ1) is 6.90. The summed E-state index contributed by atoms with van der Waals surface area (Å²) in [4.78, 5) is 2.60. The Morgan fingerprint density at radius 2 is 2.29 bits per heavy atom. The van der Waals surface area contributed by atoms with Gasteiger partial charge in [0, 0.05) is 12.6 Å². The number of rotatable bonds is 5. The van der Waals surface area contributed by atoms with Gasteiger partial charge in [-0.3, -0.25) is 4.90 Å². The van der Waals surface area contributed by atoms with Crippen molar-refractivity contribution in [2.24, 2.45) is 0 Å². The summed E-state index contributed by atoms with van der Waals surface area (Å²) in [6.45, 7) is 7.83. The molecule has 1 unspecified atom stereocenters. The quantitative estimate of drug-likeness (QED) is 0.709. The molecule has 2 fully saturated rings. The summed E-state index contributed by atoms with van der Waals surface area (Å²) in [5.74, 6) is 0. The van der Waals surface area contributed by atoms with E-state index in [1.807, 2.05) is 0 Å². The molecule has 1 atom stereocenters. The van der Waals surface area contributed by atoms with E-state index in [2.05, 4.69) is 17.1 Å². The SMILES string of the molecule is CCCN(CC1CCCN1)C1COC1. The number of hydrogen-bond acceptors (Lipinski definition) is 3. The Morgan fingerprint density at radius 3 is 2.79 bits per heavy atom. The molecular formula is C11H22N2O. The van der Waals surface area contributed by atoms with Crippen molar-refractivity contribution in [2.45, 2.75) is 38.3 Å². The van der Waals surface area contributed by atoms with E-state index in [1.54, 1.807) is 0 Å². The van der Waals surface area contributed by atoms with Gasteiger partial charge in [-0.15, -0.1) is 0 Å². The summed E-state index contributed by atoms with van der Waals surface area (Å²) in [6, 6.07) is 1.44. The maximum absolute atomic E-state index is 5.26. The Bertz CT molecular complexity index is 165. The van der Waals surface area contributed by atoms with Gasteiger partial charge >= 0.3 is 0 Å². The van der Waals surface area contributed by atoms with Crippen LogP contribution in [0.15, 0.2) is 0 Å². The van der Waals surface area contributed by atoms with E-state index in [9.17, 15) is 0 Å². The Hall–Kier alpha value is -0.120. The summed E-state index contributed by atoms with van der Waals surface area (Å²) in [5, 5.41) is 3.57. The van der Waals surface area contributed by atoms with E-state index in [4.69, 9.17) is 4.74 Å². The van der Waals surface area contributed by atoms with E-state index in [-0.39, 0.29) is 0 Å². The average molecular weight is 198 g/mol. The smallest absolute Gasteiger partial charge is 0.0645 e. The molecule has 2 aliphatic heterocycles. The zero-order valence-electron chi connectivity index (χ0n) is 9.17. The zero-order chi connectivity index (χ0) is 9.80. The maximum atomic E-state index is 5.26. The van der Waals surface area contributed by atoms with Crippen LogP contribution in [0.5, 0.6) is 0 Å². The average Bonchev–Trinajstić information content (AvgIpc) is 2.54. The van der Waals surface area contributed by atoms with Gasteiger partial charge in [-0.05, 0) is 32.4 Å². The van der Waals surface area contributed by atoms with Gasteiger partial charge in [-0.1, -0.05) is 6.92 Å². The Balaban J connectivity index is 1.76. The van der Waals surface area contributed by atoms with Crippen LogP contribution in [0, 0.1) is 0 Å². The summed E-state index contributed by atoms with van der Waals surface area (Å²) < 4.78 is 5.26. The fraction of sp³-hybridized carbons (Fsp3) is 1.00. The third-order valence-corrected chi connectivity index (χ3v) is 3.26. The lowest BCUT2D eigenvalue weighted by Gasteiger charge is -2.38. The largest absolute Gasteiger partial charge is 0.378 e. The topological polar surface area (TPSA) is 24.5 Å². The predicted octanol–water partition coefficient (Wildman–Crippen LogP) is 0.849. The molecule has 0 bridgehead atoms. The van der Waals surface area contributed by atoms with Crippen LogP contribution in [-0.4, -0.2) is 49.8 Å². The first-order valence-electron chi connectivity index (χ1n) is 5.95. The molecule has 2 saturated heterocycles. The Labute approximate surface area is 86.8 Å². The second-order valence-electron chi connectivity index (χ2n) is 4.48. The molecule has 3 nitrogen and oxygen atoms in total. The molecule has 0 aromatic rings. The van der Waals surface area contributed by atoms with Crippen molar-refractivity contribution in [3.05, 3.63) is 0 Å². The van der Waals surface area contributed by atoms with Crippen molar-refractivity contribution in [2.75, 3.05) is 32.8 Å². The molecule has 0 amide bonds. The normalized spacial score (nSPS) is 28.3. The molecule has 3 heteroatoms. The maximum Gasteiger partial charge on any atom is 0.0645 e. The third kappa shape index (κ3) is 2.47. The van der Waals surface area contributed by atoms with Gasteiger partial charge in [0.2, 0.25) is 0 Å². The van der Waals surface area contributed by atoms with Crippen LogP contribution in [0.25, 0.3) is 0 Å². The molecule has 0 radical (unpaired) electrons. The lowest BCUT2D eigenvalue weighted by molar-refractivity contribution is -0.0667. The molecule has 82 valence electrons. The first-order valence-corrected chi connectivity index (χ1v) is 5.95. The van der Waals surface area contributed by atoms with Crippen molar-refractivity contribution in [1.29, 1.82) is 0 Å². The molecule has 2 aliphatic rings. The minimum Gasteiger partial charge on any atom is -0.378 e. The van der Waals surface area contributed by atoms with Crippen LogP contribution < -0.4 is 5.32 Å². The van der Waals surface area contributed by atoms with Crippen molar-refractivity contribution < 1.29 is 4.74 Å². The molecule has 0 aliphatic carbocycles. The van der Waals surface area contributed by atoms with Crippen LogP contribution in [0.1, 0.15) is 26.2 Å². The zero-order valence-corrected chi connectivity index (χ0v) is 9.17. The molecule has 2 heterocycles. The van der Waals surface area contributed by atoms with Gasteiger partial charge in [-0.25, -0.2) is 0 Å². The van der Waals surface area contributed by atoms with E-state index >= 15 is 0 Å². The molecule has 2 rings (SSSR count). The van der Waals surface area contributed by atoms with E-state index in [1.165, 1.54) is 38.9 Å². The van der Waals surface area contributed by atoms with E-state index < -0.39 is 0 Å². The van der Waals surface area contributed by atoms with Crippen LogP contribution in [0.3, 0.4) is 0 Å². The van der Waals surface area contributed by atoms with Crippen molar-refractivity contribution >= 4 is 0 Å². The number of nitrogens with one attached hydrogen (secondary N) is 1. The second-order valence-corrected chi connectivity index (χ2v) is 4.48. The molecule has 14 heavy (non-hydrogen) atoms. The number of nitrogens with zero attached hydrogens (tertiary/aromatic N) is 1.